The van der Waals surface area contributed by atoms with Crippen LogP contribution in [0.3, 0.4) is 0 Å². The molecule has 9 nitrogen and oxygen atoms in total. The summed E-state index contributed by atoms with van der Waals surface area (Å²) in [5.74, 6) is 1.68. The number of aromatic nitrogens is 2. The van der Waals surface area contributed by atoms with E-state index in [0.29, 0.717) is 37.2 Å². The zero-order chi connectivity index (χ0) is 28.2. The van der Waals surface area contributed by atoms with E-state index in [0.717, 1.165) is 47.1 Å². The minimum absolute atomic E-state index is 0.279. The van der Waals surface area contributed by atoms with Gasteiger partial charge in [-0.2, -0.15) is 13.7 Å². The van der Waals surface area contributed by atoms with Crippen molar-refractivity contribution in [1.29, 1.82) is 5.26 Å². The molecule has 39 heavy (non-hydrogen) atoms. The highest BCUT2D eigenvalue weighted by molar-refractivity contribution is 7.85. The van der Waals surface area contributed by atoms with Crippen LogP contribution in [0.4, 0.5) is 17.1 Å². The van der Waals surface area contributed by atoms with E-state index in [1.807, 2.05) is 48.6 Å². The molecule has 3 aromatic rings. The number of fused-ring (bicyclic) bond motifs is 2. The molecule has 0 aliphatic carbocycles. The normalized spacial score (nSPS) is 14.4. The second kappa shape index (κ2) is 11.7. The lowest BCUT2D eigenvalue weighted by Gasteiger charge is -2.23. The van der Waals surface area contributed by atoms with Crippen molar-refractivity contribution < 1.29 is 17.5 Å². The molecule has 0 spiro atoms. The number of benzene rings is 2. The Balaban J connectivity index is 1.75. The van der Waals surface area contributed by atoms with Gasteiger partial charge in [-0.1, -0.05) is 12.1 Å². The fourth-order valence-electron chi connectivity index (χ4n) is 5.21. The lowest BCUT2D eigenvalue weighted by Crippen LogP contribution is -2.35. The maximum atomic E-state index is 11.2. The number of nitriles is 1. The minimum atomic E-state index is -4.01. The largest absolute Gasteiger partial charge is 0.326 e. The topological polar surface area (TPSA) is 97.8 Å². The molecule has 0 amide bonds. The quantitative estimate of drug-likeness (QED) is 0.162. The minimum Gasteiger partial charge on any atom is -0.326 e. The van der Waals surface area contributed by atoms with E-state index in [2.05, 4.69) is 56.7 Å². The summed E-state index contributed by atoms with van der Waals surface area (Å²) >= 11 is 0. The summed E-state index contributed by atoms with van der Waals surface area (Å²) in [6.07, 6.45) is 7.02. The predicted octanol–water partition coefficient (Wildman–Crippen LogP) is 5.26. The highest BCUT2D eigenvalue weighted by Crippen LogP contribution is 2.41. The van der Waals surface area contributed by atoms with Crippen LogP contribution >= 0.6 is 0 Å². The number of unbranched alkanes of at least 4 members (excludes halogenated alkanes) is 1. The number of rotatable bonds is 10. The molecule has 2 aromatic carbocycles. The third-order valence-corrected chi connectivity index (χ3v) is 7.74. The molecule has 0 bridgehead atoms. The van der Waals surface area contributed by atoms with Gasteiger partial charge >= 0.3 is 0 Å². The summed E-state index contributed by atoms with van der Waals surface area (Å²) in [6, 6.07) is 13.6. The van der Waals surface area contributed by atoms with Crippen LogP contribution in [-0.2, 0) is 23.2 Å². The van der Waals surface area contributed by atoms with Crippen LogP contribution in [0.1, 0.15) is 45.0 Å². The molecular formula is C29H33N6O3S+. The highest BCUT2D eigenvalue weighted by atomic mass is 32.2. The molecule has 0 saturated carbocycles. The monoisotopic (exact) mass is 545 g/mol. The second-order valence-corrected chi connectivity index (χ2v) is 10.8. The van der Waals surface area contributed by atoms with Gasteiger partial charge in [0.1, 0.15) is 5.82 Å². The van der Waals surface area contributed by atoms with Crippen molar-refractivity contribution in [3.05, 3.63) is 77.2 Å². The van der Waals surface area contributed by atoms with Crippen LogP contribution in [-0.4, -0.2) is 36.4 Å². The molecule has 1 aliphatic heterocycles. The van der Waals surface area contributed by atoms with Gasteiger partial charge in [-0.3, -0.25) is 4.55 Å². The van der Waals surface area contributed by atoms with Crippen LogP contribution in [0.2, 0.25) is 0 Å². The number of imidazole rings is 1. The van der Waals surface area contributed by atoms with E-state index < -0.39 is 10.1 Å². The van der Waals surface area contributed by atoms with Crippen LogP contribution in [0.15, 0.2) is 54.4 Å². The van der Waals surface area contributed by atoms with Crippen molar-refractivity contribution in [3.8, 4) is 6.07 Å². The molecule has 10 heteroatoms. The fourth-order valence-corrected chi connectivity index (χ4v) is 5.78. The summed E-state index contributed by atoms with van der Waals surface area (Å²) in [4.78, 5) is 8.02. The molecule has 1 aromatic heterocycles. The summed E-state index contributed by atoms with van der Waals surface area (Å²) in [5, 5.41) is 9.40. The third-order valence-electron chi connectivity index (χ3n) is 6.94. The highest BCUT2D eigenvalue weighted by Gasteiger charge is 2.29. The first kappa shape index (κ1) is 27.9. The Morgan fingerprint density at radius 3 is 2.46 bits per heavy atom. The maximum Gasteiger partial charge on any atom is 0.282 e. The van der Waals surface area contributed by atoms with Crippen molar-refractivity contribution >= 4 is 44.3 Å². The van der Waals surface area contributed by atoms with Gasteiger partial charge in [-0.05, 0) is 70.0 Å². The van der Waals surface area contributed by atoms with Crippen LogP contribution < -0.4 is 14.4 Å². The van der Waals surface area contributed by atoms with E-state index in [-0.39, 0.29) is 5.75 Å². The van der Waals surface area contributed by atoms with Crippen LogP contribution in [0.5, 0.6) is 0 Å². The molecule has 2 heterocycles. The third kappa shape index (κ3) is 5.68. The van der Waals surface area contributed by atoms with Crippen molar-refractivity contribution in [2.24, 2.45) is 0 Å². The molecule has 0 unspecified atom stereocenters. The number of hydrogen-bond acceptors (Lipinski definition) is 5. The molecule has 0 radical (unpaired) electrons. The molecule has 202 valence electrons. The van der Waals surface area contributed by atoms with E-state index in [1.165, 1.54) is 0 Å². The summed E-state index contributed by atoms with van der Waals surface area (Å²) in [7, 11) is -4.01. The molecule has 0 saturated heterocycles. The number of anilines is 2. The fraction of sp³-hybridized carbons (Fsp3) is 0.345. The van der Waals surface area contributed by atoms with Crippen molar-refractivity contribution in [2.75, 3.05) is 28.6 Å². The zero-order valence-electron chi connectivity index (χ0n) is 22.5. The first-order chi connectivity index (χ1) is 18.8. The van der Waals surface area contributed by atoms with Gasteiger partial charge in [-0.15, -0.1) is 0 Å². The lowest BCUT2D eigenvalue weighted by molar-refractivity contribution is -0.670. The van der Waals surface area contributed by atoms with Gasteiger partial charge in [0.2, 0.25) is 0 Å². The van der Waals surface area contributed by atoms with Crippen LogP contribution in [0.25, 0.3) is 22.0 Å². The Hall–Kier alpha value is -4.12. The van der Waals surface area contributed by atoms with Gasteiger partial charge < -0.3 is 9.80 Å². The lowest BCUT2D eigenvalue weighted by atomic mass is 10.2. The van der Waals surface area contributed by atoms with Gasteiger partial charge in [0.05, 0.1) is 48.4 Å². The summed E-state index contributed by atoms with van der Waals surface area (Å²) in [5.41, 5.74) is 5.16. The maximum absolute atomic E-state index is 11.2. The average Bonchev–Trinajstić information content (AvgIpc) is 3.40. The summed E-state index contributed by atoms with van der Waals surface area (Å²) < 4.78 is 35.9. The van der Waals surface area contributed by atoms with Crippen molar-refractivity contribution in [3.63, 3.8) is 0 Å². The molecule has 1 N–H and O–H groups in total. The van der Waals surface area contributed by atoms with Crippen molar-refractivity contribution in [1.82, 2.24) is 4.57 Å². The van der Waals surface area contributed by atoms with E-state index >= 15 is 0 Å². The Kier molecular flexibility index (Phi) is 8.39. The van der Waals surface area contributed by atoms with E-state index in [1.54, 1.807) is 0 Å². The van der Waals surface area contributed by atoms with Gasteiger partial charge in [0, 0.05) is 19.2 Å². The Morgan fingerprint density at radius 2 is 1.82 bits per heavy atom. The summed E-state index contributed by atoms with van der Waals surface area (Å²) in [6.45, 7) is 16.5. The SMILES string of the molecule is [C-]#[N+]c1ccc2c(c1)n(CCCCS(=O)(=O)O)c(C=CC=C1N(CC)c3ccc(C#N)cc3N1CC)[n+]2CC. The molecule has 1 aliphatic rings. The van der Waals surface area contributed by atoms with Gasteiger partial charge in [-0.25, -0.2) is 14.0 Å². The smallest absolute Gasteiger partial charge is 0.282 e. The molecule has 0 fully saturated rings. The molecule has 0 atom stereocenters. The van der Waals surface area contributed by atoms with Gasteiger partial charge in [0.25, 0.3) is 15.9 Å². The standard InChI is InChI=1S/C29H32N6O3S/c1-5-32-24-15-13-22(21-30)19-26(24)34(7-3)28(32)11-10-12-29-33(6-2)25-16-14-23(31-4)20-27(25)35(29)17-8-9-18-39(36,37)38/h10-16,19-20H,5-9,17-18H2,1-3H3/p+1. The molecular weight excluding hydrogens is 512 g/mol. The van der Waals surface area contributed by atoms with Gasteiger partial charge in [0.15, 0.2) is 16.7 Å². The second-order valence-electron chi connectivity index (χ2n) is 9.22. The Labute approximate surface area is 230 Å². The first-order valence-electron chi connectivity index (χ1n) is 13.1. The predicted molar refractivity (Wildman–Crippen MR) is 154 cm³/mol. The Bertz CT molecular complexity index is 1640. The van der Waals surface area contributed by atoms with Crippen molar-refractivity contribution in [2.45, 2.75) is 46.7 Å². The number of aryl methyl sites for hydroxylation is 2. The van der Waals surface area contributed by atoms with E-state index in [9.17, 15) is 13.7 Å². The number of nitrogens with zero attached hydrogens (tertiary/aromatic N) is 6. The average molecular weight is 546 g/mol. The number of allylic oxidation sites excluding steroid dienone is 2. The first-order valence-corrected chi connectivity index (χ1v) is 14.7. The van der Waals surface area contributed by atoms with Crippen LogP contribution in [0, 0.1) is 17.9 Å². The van der Waals surface area contributed by atoms with E-state index in [4.69, 9.17) is 11.1 Å². The molecule has 4 rings (SSSR count). The number of hydrogen-bond donors (Lipinski definition) is 1. The zero-order valence-corrected chi connectivity index (χ0v) is 23.3. The Morgan fingerprint density at radius 1 is 1.08 bits per heavy atom.